The van der Waals surface area contributed by atoms with Crippen LogP contribution < -0.4 is 11.1 Å². The van der Waals surface area contributed by atoms with Gasteiger partial charge in [-0.25, -0.2) is 0 Å². The van der Waals surface area contributed by atoms with Gasteiger partial charge in [0.25, 0.3) is 0 Å². The fourth-order valence-corrected chi connectivity index (χ4v) is 2.17. The normalized spacial score (nSPS) is 12.5. The molecule has 0 radical (unpaired) electrons. The van der Waals surface area contributed by atoms with Crippen molar-refractivity contribution in [2.45, 2.75) is 25.9 Å². The Morgan fingerprint density at radius 2 is 2.26 bits per heavy atom. The molecule has 4 nitrogen and oxygen atoms in total. The van der Waals surface area contributed by atoms with Crippen LogP contribution in [0, 0.1) is 0 Å². The Balaban J connectivity index is 2.58. The number of hydrogen-bond acceptors (Lipinski definition) is 3. The van der Waals surface area contributed by atoms with E-state index in [0.29, 0.717) is 19.5 Å². The maximum atomic E-state index is 11.6. The Morgan fingerprint density at radius 3 is 2.84 bits per heavy atom. The van der Waals surface area contributed by atoms with Crippen molar-refractivity contribution in [3.05, 3.63) is 34.9 Å². The van der Waals surface area contributed by atoms with Crippen molar-refractivity contribution in [1.29, 1.82) is 0 Å². The molecule has 0 aliphatic heterocycles. The monoisotopic (exact) mass is 283 g/mol. The van der Waals surface area contributed by atoms with Gasteiger partial charge in [0, 0.05) is 37.1 Å². The van der Waals surface area contributed by atoms with E-state index in [1.165, 1.54) is 0 Å². The zero-order chi connectivity index (χ0) is 14.3. The zero-order valence-electron chi connectivity index (χ0n) is 11.5. The molecule has 0 aliphatic carbocycles. The number of nitrogens with two attached hydrogens (primary N) is 1. The van der Waals surface area contributed by atoms with Crippen molar-refractivity contribution >= 4 is 17.5 Å². The number of halogens is 1. The zero-order valence-corrected chi connectivity index (χ0v) is 12.3. The molecule has 1 unspecified atom stereocenters. The van der Waals surface area contributed by atoms with Crippen LogP contribution in [-0.2, 0) is 11.3 Å². The van der Waals surface area contributed by atoms with Crippen molar-refractivity contribution in [2.75, 3.05) is 20.1 Å². The fourth-order valence-electron chi connectivity index (χ4n) is 1.95. The number of carbonyl (C=O) groups is 1. The van der Waals surface area contributed by atoms with Gasteiger partial charge in [-0.3, -0.25) is 9.69 Å². The average molecular weight is 284 g/mol. The number of hydrogen-bond donors (Lipinski definition) is 2. The van der Waals surface area contributed by atoms with E-state index in [-0.39, 0.29) is 11.9 Å². The molecule has 0 spiro atoms. The summed E-state index contributed by atoms with van der Waals surface area (Å²) in [5.41, 5.74) is 6.87. The lowest BCUT2D eigenvalue weighted by Crippen LogP contribution is -2.41. The van der Waals surface area contributed by atoms with E-state index in [1.54, 1.807) is 0 Å². The Morgan fingerprint density at radius 1 is 1.53 bits per heavy atom. The van der Waals surface area contributed by atoms with Crippen LogP contribution in [0.4, 0.5) is 0 Å². The first-order valence-corrected chi connectivity index (χ1v) is 6.86. The summed E-state index contributed by atoms with van der Waals surface area (Å²) in [6, 6.07) is 7.75. The first-order chi connectivity index (χ1) is 9.06. The summed E-state index contributed by atoms with van der Waals surface area (Å²) in [7, 11) is 1.97. The molecule has 0 heterocycles. The van der Waals surface area contributed by atoms with Crippen LogP contribution >= 0.6 is 11.6 Å². The number of likely N-dealkylation sites (N-methyl/N-ethyl adjacent to an activating group) is 1. The number of benzene rings is 1. The Bertz CT molecular complexity index is 411. The van der Waals surface area contributed by atoms with E-state index < -0.39 is 0 Å². The van der Waals surface area contributed by atoms with Gasteiger partial charge in [-0.15, -0.1) is 0 Å². The molecule has 3 N–H and O–H groups in total. The van der Waals surface area contributed by atoms with Crippen molar-refractivity contribution in [1.82, 2.24) is 10.2 Å². The van der Waals surface area contributed by atoms with Crippen LogP contribution in [-0.4, -0.2) is 37.0 Å². The summed E-state index contributed by atoms with van der Waals surface area (Å²) >= 11 is 5.96. The summed E-state index contributed by atoms with van der Waals surface area (Å²) in [5.74, 6) is 0.0379. The highest BCUT2D eigenvalue weighted by molar-refractivity contribution is 6.30. The summed E-state index contributed by atoms with van der Waals surface area (Å²) < 4.78 is 0. The molecular formula is C14H22ClN3O. The van der Waals surface area contributed by atoms with Gasteiger partial charge in [-0.2, -0.15) is 0 Å². The summed E-state index contributed by atoms with van der Waals surface area (Å²) in [5, 5.41) is 3.52. The van der Waals surface area contributed by atoms with Crippen molar-refractivity contribution < 1.29 is 4.79 Å². The molecular weight excluding hydrogens is 262 g/mol. The first-order valence-electron chi connectivity index (χ1n) is 6.48. The van der Waals surface area contributed by atoms with E-state index in [0.717, 1.165) is 17.1 Å². The summed E-state index contributed by atoms with van der Waals surface area (Å²) in [6.07, 6.45) is 0.418. The Kier molecular flexibility index (Phi) is 6.84. The van der Waals surface area contributed by atoms with Crippen LogP contribution in [0.25, 0.3) is 0 Å². The van der Waals surface area contributed by atoms with Crippen LogP contribution in [0.5, 0.6) is 0 Å². The van der Waals surface area contributed by atoms with E-state index in [2.05, 4.69) is 10.2 Å². The standard InChI is InChI=1S/C14H22ClN3O/c1-3-17-14(19)8-13(9-16)18(2)10-11-5-4-6-12(15)7-11/h4-7,13H,3,8-10,16H2,1-2H3,(H,17,19). The molecule has 0 fully saturated rings. The van der Waals surface area contributed by atoms with Gasteiger partial charge in [0.1, 0.15) is 0 Å². The topological polar surface area (TPSA) is 58.4 Å². The third-order valence-electron chi connectivity index (χ3n) is 3.01. The highest BCUT2D eigenvalue weighted by Crippen LogP contribution is 2.13. The summed E-state index contributed by atoms with van der Waals surface area (Å²) in [4.78, 5) is 13.7. The second-order valence-corrected chi connectivity index (χ2v) is 5.03. The number of nitrogens with zero attached hydrogens (tertiary/aromatic N) is 1. The fraction of sp³-hybridized carbons (Fsp3) is 0.500. The quantitative estimate of drug-likeness (QED) is 0.800. The molecule has 0 saturated heterocycles. The minimum atomic E-state index is 0.0329. The lowest BCUT2D eigenvalue weighted by atomic mass is 10.1. The van der Waals surface area contributed by atoms with E-state index >= 15 is 0 Å². The maximum Gasteiger partial charge on any atom is 0.221 e. The van der Waals surface area contributed by atoms with Gasteiger partial charge in [-0.1, -0.05) is 23.7 Å². The molecule has 1 rings (SSSR count). The predicted molar refractivity (Wildman–Crippen MR) is 79.1 cm³/mol. The molecule has 1 aromatic rings. The van der Waals surface area contributed by atoms with Crippen molar-refractivity contribution in [3.8, 4) is 0 Å². The van der Waals surface area contributed by atoms with Gasteiger partial charge in [-0.05, 0) is 31.7 Å². The van der Waals surface area contributed by atoms with E-state index in [9.17, 15) is 4.79 Å². The summed E-state index contributed by atoms with van der Waals surface area (Å²) in [6.45, 7) is 3.73. The minimum absolute atomic E-state index is 0.0329. The van der Waals surface area contributed by atoms with Gasteiger partial charge in [0.15, 0.2) is 0 Å². The molecule has 1 amide bonds. The maximum absolute atomic E-state index is 11.6. The Labute approximate surface area is 119 Å². The number of amides is 1. The minimum Gasteiger partial charge on any atom is -0.356 e. The number of carbonyl (C=O) groups excluding carboxylic acids is 1. The van der Waals surface area contributed by atoms with Crippen LogP contribution in [0.15, 0.2) is 24.3 Å². The average Bonchev–Trinajstić information content (AvgIpc) is 2.36. The lowest BCUT2D eigenvalue weighted by molar-refractivity contribution is -0.122. The SMILES string of the molecule is CCNC(=O)CC(CN)N(C)Cc1cccc(Cl)c1. The third kappa shape index (κ3) is 5.59. The first kappa shape index (κ1) is 16.0. The molecule has 5 heteroatoms. The Hall–Kier alpha value is -1.10. The molecule has 1 aromatic carbocycles. The highest BCUT2D eigenvalue weighted by Gasteiger charge is 2.17. The van der Waals surface area contributed by atoms with Gasteiger partial charge in [0.05, 0.1) is 0 Å². The second kappa shape index (κ2) is 8.15. The lowest BCUT2D eigenvalue weighted by Gasteiger charge is -2.26. The number of rotatable bonds is 7. The van der Waals surface area contributed by atoms with Crippen molar-refractivity contribution in [2.24, 2.45) is 5.73 Å². The molecule has 0 saturated carbocycles. The van der Waals surface area contributed by atoms with Gasteiger partial charge in [0.2, 0.25) is 5.91 Å². The second-order valence-electron chi connectivity index (χ2n) is 4.59. The van der Waals surface area contributed by atoms with Crippen molar-refractivity contribution in [3.63, 3.8) is 0 Å². The van der Waals surface area contributed by atoms with Gasteiger partial charge >= 0.3 is 0 Å². The molecule has 0 aliphatic rings. The molecule has 0 bridgehead atoms. The highest BCUT2D eigenvalue weighted by atomic mass is 35.5. The molecule has 19 heavy (non-hydrogen) atoms. The van der Waals surface area contributed by atoms with E-state index in [1.807, 2.05) is 38.2 Å². The third-order valence-corrected chi connectivity index (χ3v) is 3.25. The molecule has 106 valence electrons. The molecule has 1 atom stereocenters. The predicted octanol–water partition coefficient (Wildman–Crippen LogP) is 1.63. The smallest absolute Gasteiger partial charge is 0.221 e. The van der Waals surface area contributed by atoms with Crippen LogP contribution in [0.2, 0.25) is 5.02 Å². The van der Waals surface area contributed by atoms with Crippen LogP contribution in [0.3, 0.4) is 0 Å². The van der Waals surface area contributed by atoms with E-state index in [4.69, 9.17) is 17.3 Å². The number of nitrogens with one attached hydrogen (secondary N) is 1. The largest absolute Gasteiger partial charge is 0.356 e. The molecule has 0 aromatic heterocycles. The van der Waals surface area contributed by atoms with Crippen LogP contribution in [0.1, 0.15) is 18.9 Å². The van der Waals surface area contributed by atoms with Gasteiger partial charge < -0.3 is 11.1 Å².